The third kappa shape index (κ3) is 4.17. The van der Waals surface area contributed by atoms with Gasteiger partial charge in [-0.3, -0.25) is 0 Å². The van der Waals surface area contributed by atoms with Crippen LogP contribution in [0.2, 0.25) is 0 Å². The Balaban J connectivity index is 4.34. The molecule has 0 aliphatic rings. The van der Waals surface area contributed by atoms with Crippen LogP contribution in [0.1, 0.15) is 40.0 Å². The van der Waals surface area contributed by atoms with Crippen molar-refractivity contribution in [2.24, 2.45) is 0 Å². The van der Waals surface area contributed by atoms with Crippen LogP contribution < -0.4 is 0 Å². The van der Waals surface area contributed by atoms with Gasteiger partial charge in [-0.1, -0.05) is 50.6 Å². The van der Waals surface area contributed by atoms with Gasteiger partial charge in [-0.25, -0.2) is 0 Å². The standard InChI is InChI=1S/C12H20/c1-5-9-12(8-4)10-11(6-2)7-3/h6,8,10H,4-5,7,9H2,1-3H3/b11-6-,12-10+. The Hall–Kier alpha value is -0.780. The van der Waals surface area contributed by atoms with Gasteiger partial charge in [0, 0.05) is 0 Å². The minimum absolute atomic E-state index is 1.11. The highest BCUT2D eigenvalue weighted by molar-refractivity contribution is 5.28. The maximum absolute atomic E-state index is 3.81. The lowest BCUT2D eigenvalue weighted by molar-refractivity contribution is 0.923. The van der Waals surface area contributed by atoms with E-state index in [0.29, 0.717) is 0 Å². The van der Waals surface area contributed by atoms with Crippen molar-refractivity contribution >= 4 is 0 Å². The summed E-state index contributed by atoms with van der Waals surface area (Å²) in [5.41, 5.74) is 2.76. The second-order valence-electron chi connectivity index (χ2n) is 2.89. The van der Waals surface area contributed by atoms with Crippen molar-refractivity contribution in [1.29, 1.82) is 0 Å². The average molecular weight is 164 g/mol. The maximum atomic E-state index is 3.81. The fourth-order valence-corrected chi connectivity index (χ4v) is 1.15. The van der Waals surface area contributed by atoms with Gasteiger partial charge in [0.05, 0.1) is 0 Å². The van der Waals surface area contributed by atoms with Gasteiger partial charge >= 0.3 is 0 Å². The number of allylic oxidation sites excluding steroid dienone is 5. The highest BCUT2D eigenvalue weighted by atomic mass is 14.0. The molecule has 0 saturated heterocycles. The Kier molecular flexibility index (Phi) is 6.45. The first-order chi connectivity index (χ1) is 5.78. The smallest absolute Gasteiger partial charge is 0.0282 e. The predicted octanol–water partition coefficient (Wildman–Crippen LogP) is 4.26. The summed E-state index contributed by atoms with van der Waals surface area (Å²) in [6.45, 7) is 10.3. The van der Waals surface area contributed by atoms with Crippen LogP contribution in [0.5, 0.6) is 0 Å². The van der Waals surface area contributed by atoms with Crippen LogP contribution in [-0.2, 0) is 0 Å². The second kappa shape index (κ2) is 6.90. The van der Waals surface area contributed by atoms with Crippen LogP contribution in [0.4, 0.5) is 0 Å². The molecule has 0 nitrogen and oxygen atoms in total. The van der Waals surface area contributed by atoms with Gasteiger partial charge in [-0.2, -0.15) is 0 Å². The van der Waals surface area contributed by atoms with E-state index in [0.717, 1.165) is 12.8 Å². The Morgan fingerprint density at radius 1 is 1.25 bits per heavy atom. The normalized spacial score (nSPS) is 13.2. The molecule has 0 spiro atoms. The molecule has 0 aromatic rings. The van der Waals surface area contributed by atoms with Crippen LogP contribution in [0.25, 0.3) is 0 Å². The van der Waals surface area contributed by atoms with E-state index in [-0.39, 0.29) is 0 Å². The first kappa shape index (κ1) is 11.2. The molecule has 0 radical (unpaired) electrons. The van der Waals surface area contributed by atoms with Crippen LogP contribution in [-0.4, -0.2) is 0 Å². The van der Waals surface area contributed by atoms with E-state index >= 15 is 0 Å². The van der Waals surface area contributed by atoms with Crippen LogP contribution >= 0.6 is 0 Å². The number of hydrogen-bond acceptors (Lipinski definition) is 0. The number of hydrogen-bond donors (Lipinski definition) is 0. The van der Waals surface area contributed by atoms with Gasteiger partial charge in [0.25, 0.3) is 0 Å². The maximum Gasteiger partial charge on any atom is -0.0282 e. The molecular formula is C12H20. The lowest BCUT2D eigenvalue weighted by atomic mass is 10.1. The van der Waals surface area contributed by atoms with Crippen molar-refractivity contribution in [2.75, 3.05) is 0 Å². The van der Waals surface area contributed by atoms with Crippen LogP contribution in [0.3, 0.4) is 0 Å². The van der Waals surface area contributed by atoms with Gasteiger partial charge in [0.15, 0.2) is 0 Å². The molecule has 0 atom stereocenters. The highest BCUT2D eigenvalue weighted by Gasteiger charge is 1.91. The molecule has 0 aliphatic heterocycles. The highest BCUT2D eigenvalue weighted by Crippen LogP contribution is 2.11. The summed E-state index contributed by atoms with van der Waals surface area (Å²) < 4.78 is 0. The average Bonchev–Trinajstić information content (AvgIpc) is 2.12. The van der Waals surface area contributed by atoms with Gasteiger partial charge < -0.3 is 0 Å². The molecule has 0 aromatic heterocycles. The summed E-state index contributed by atoms with van der Waals surface area (Å²) in [5.74, 6) is 0. The quantitative estimate of drug-likeness (QED) is 0.533. The topological polar surface area (TPSA) is 0 Å². The van der Waals surface area contributed by atoms with Crippen molar-refractivity contribution in [1.82, 2.24) is 0 Å². The zero-order valence-electron chi connectivity index (χ0n) is 8.56. The molecule has 12 heavy (non-hydrogen) atoms. The third-order valence-electron chi connectivity index (χ3n) is 1.95. The molecule has 0 heterocycles. The van der Waals surface area contributed by atoms with Crippen molar-refractivity contribution in [3.63, 3.8) is 0 Å². The summed E-state index contributed by atoms with van der Waals surface area (Å²) in [4.78, 5) is 0. The van der Waals surface area contributed by atoms with Crippen molar-refractivity contribution in [3.8, 4) is 0 Å². The van der Waals surface area contributed by atoms with Crippen molar-refractivity contribution < 1.29 is 0 Å². The van der Waals surface area contributed by atoms with Crippen LogP contribution in [0, 0.1) is 0 Å². The summed E-state index contributed by atoms with van der Waals surface area (Å²) in [6.07, 6.45) is 9.81. The van der Waals surface area contributed by atoms with E-state index in [9.17, 15) is 0 Å². The third-order valence-corrected chi connectivity index (χ3v) is 1.95. The van der Waals surface area contributed by atoms with E-state index in [1.807, 2.05) is 6.08 Å². The molecule has 68 valence electrons. The predicted molar refractivity (Wildman–Crippen MR) is 57.2 cm³/mol. The van der Waals surface area contributed by atoms with E-state index < -0.39 is 0 Å². The largest absolute Gasteiger partial charge is 0.0988 e. The first-order valence-corrected chi connectivity index (χ1v) is 4.76. The second-order valence-corrected chi connectivity index (χ2v) is 2.89. The lowest BCUT2D eigenvalue weighted by Crippen LogP contribution is -1.80. The summed E-state index contributed by atoms with van der Waals surface area (Å²) in [7, 11) is 0. The minimum Gasteiger partial charge on any atom is -0.0988 e. The Labute approximate surface area is 76.7 Å². The molecule has 0 aliphatic carbocycles. The molecule has 0 rings (SSSR count). The van der Waals surface area contributed by atoms with Gasteiger partial charge in [0.2, 0.25) is 0 Å². The molecule has 0 unspecified atom stereocenters. The van der Waals surface area contributed by atoms with E-state index in [1.54, 1.807) is 0 Å². The van der Waals surface area contributed by atoms with Crippen molar-refractivity contribution in [2.45, 2.75) is 40.0 Å². The fraction of sp³-hybridized carbons (Fsp3) is 0.500. The molecule has 0 N–H and O–H groups in total. The molecule has 0 amide bonds. The Morgan fingerprint density at radius 3 is 2.25 bits per heavy atom. The van der Waals surface area contributed by atoms with Crippen molar-refractivity contribution in [3.05, 3.63) is 36.0 Å². The Morgan fingerprint density at radius 2 is 1.92 bits per heavy atom. The summed E-state index contributed by atoms with van der Waals surface area (Å²) in [5, 5.41) is 0. The minimum atomic E-state index is 1.11. The SMILES string of the molecule is C=C/C(=C\C(=C/C)CC)CCC. The summed E-state index contributed by atoms with van der Waals surface area (Å²) in [6, 6.07) is 0. The van der Waals surface area contributed by atoms with E-state index in [2.05, 4.69) is 39.5 Å². The monoisotopic (exact) mass is 164 g/mol. The van der Waals surface area contributed by atoms with E-state index in [1.165, 1.54) is 17.6 Å². The fourth-order valence-electron chi connectivity index (χ4n) is 1.15. The zero-order valence-corrected chi connectivity index (χ0v) is 8.56. The van der Waals surface area contributed by atoms with Crippen LogP contribution in [0.15, 0.2) is 36.0 Å². The lowest BCUT2D eigenvalue weighted by Gasteiger charge is -2.01. The van der Waals surface area contributed by atoms with Gasteiger partial charge in [-0.15, -0.1) is 0 Å². The summed E-state index contributed by atoms with van der Waals surface area (Å²) >= 11 is 0. The van der Waals surface area contributed by atoms with Gasteiger partial charge in [-0.05, 0) is 25.3 Å². The molecular weight excluding hydrogens is 144 g/mol. The molecule has 0 bridgehead atoms. The molecule has 0 fully saturated rings. The zero-order chi connectivity index (χ0) is 9.40. The molecule has 0 heteroatoms. The van der Waals surface area contributed by atoms with E-state index in [4.69, 9.17) is 0 Å². The van der Waals surface area contributed by atoms with Gasteiger partial charge in [0.1, 0.15) is 0 Å². The first-order valence-electron chi connectivity index (χ1n) is 4.76. The molecule has 0 aromatic carbocycles. The Bertz CT molecular complexity index is 182. The molecule has 0 saturated carbocycles. The number of rotatable bonds is 5.